The predicted molar refractivity (Wildman–Crippen MR) is 111 cm³/mol. The molecule has 156 valence electrons. The summed E-state index contributed by atoms with van der Waals surface area (Å²) < 4.78 is 7.21. The van der Waals surface area contributed by atoms with Crippen LogP contribution in [-0.2, 0) is 27.3 Å². The predicted octanol–water partition coefficient (Wildman–Crippen LogP) is 3.22. The summed E-state index contributed by atoms with van der Waals surface area (Å²) in [6.07, 6.45) is 2.10. The fourth-order valence-corrected chi connectivity index (χ4v) is 4.25. The van der Waals surface area contributed by atoms with E-state index in [-0.39, 0.29) is 18.4 Å². The molecule has 0 spiro atoms. The van der Waals surface area contributed by atoms with Crippen molar-refractivity contribution in [3.63, 3.8) is 0 Å². The van der Waals surface area contributed by atoms with Gasteiger partial charge in [0.15, 0.2) is 0 Å². The smallest absolute Gasteiger partial charge is 0.314 e. The van der Waals surface area contributed by atoms with Gasteiger partial charge >= 0.3 is 5.97 Å². The molecule has 0 bridgehead atoms. The largest absolute Gasteiger partial charge is 0.466 e. The van der Waals surface area contributed by atoms with E-state index in [2.05, 4.69) is 24.2 Å². The number of hydrogen-bond acceptors (Lipinski definition) is 4. The maximum Gasteiger partial charge on any atom is 0.314 e. The third-order valence-electron chi connectivity index (χ3n) is 5.82. The first kappa shape index (κ1) is 21.1. The molecular formula is C23H31N3O3. The SMILES string of the molecule is CCOC(=O)[C@]1(Cc2ccccc2C)CCCN(C(=O)Cn2nc(C)cc2C)C1. The molecule has 2 heterocycles. The highest BCUT2D eigenvalue weighted by Crippen LogP contribution is 2.36. The van der Waals surface area contributed by atoms with Gasteiger partial charge in [0.2, 0.25) is 5.91 Å². The van der Waals surface area contributed by atoms with Gasteiger partial charge in [-0.3, -0.25) is 14.3 Å². The quantitative estimate of drug-likeness (QED) is 0.702. The number of likely N-dealkylation sites (tertiary alicyclic amines) is 1. The minimum absolute atomic E-state index is 0.00522. The lowest BCUT2D eigenvalue weighted by Crippen LogP contribution is -2.52. The molecule has 0 radical (unpaired) electrons. The zero-order valence-electron chi connectivity index (χ0n) is 17.9. The Morgan fingerprint density at radius 1 is 1.21 bits per heavy atom. The number of nitrogens with zero attached hydrogens (tertiary/aromatic N) is 3. The van der Waals surface area contributed by atoms with Crippen molar-refractivity contribution in [1.29, 1.82) is 0 Å². The Labute approximate surface area is 172 Å². The molecule has 0 N–H and O–H groups in total. The van der Waals surface area contributed by atoms with Gasteiger partial charge in [0.05, 0.1) is 17.7 Å². The van der Waals surface area contributed by atoms with Crippen LogP contribution in [0.25, 0.3) is 0 Å². The van der Waals surface area contributed by atoms with Gasteiger partial charge in [0.25, 0.3) is 0 Å². The van der Waals surface area contributed by atoms with Crippen LogP contribution in [0.5, 0.6) is 0 Å². The van der Waals surface area contributed by atoms with E-state index >= 15 is 0 Å². The van der Waals surface area contributed by atoms with Crippen LogP contribution in [0.2, 0.25) is 0 Å². The second-order valence-electron chi connectivity index (χ2n) is 8.11. The van der Waals surface area contributed by atoms with Crippen molar-refractivity contribution in [2.75, 3.05) is 19.7 Å². The van der Waals surface area contributed by atoms with Crippen LogP contribution in [0.1, 0.15) is 42.3 Å². The Morgan fingerprint density at radius 2 is 1.97 bits per heavy atom. The molecule has 0 saturated carbocycles. The van der Waals surface area contributed by atoms with Gasteiger partial charge in [0.1, 0.15) is 6.54 Å². The van der Waals surface area contributed by atoms with Gasteiger partial charge < -0.3 is 9.64 Å². The van der Waals surface area contributed by atoms with Crippen LogP contribution in [0, 0.1) is 26.2 Å². The van der Waals surface area contributed by atoms with Crippen LogP contribution in [0.3, 0.4) is 0 Å². The molecule has 1 amide bonds. The van der Waals surface area contributed by atoms with Gasteiger partial charge in [0, 0.05) is 18.8 Å². The van der Waals surface area contributed by atoms with E-state index in [1.807, 2.05) is 43.9 Å². The topological polar surface area (TPSA) is 64.4 Å². The number of carbonyl (C=O) groups is 2. The fourth-order valence-electron chi connectivity index (χ4n) is 4.25. The minimum Gasteiger partial charge on any atom is -0.466 e. The van der Waals surface area contributed by atoms with Crippen molar-refractivity contribution in [2.24, 2.45) is 5.41 Å². The fraction of sp³-hybridized carbons (Fsp3) is 0.522. The van der Waals surface area contributed by atoms with Crippen LogP contribution in [-0.4, -0.2) is 46.3 Å². The molecule has 3 rings (SSSR count). The van der Waals surface area contributed by atoms with Gasteiger partial charge in [-0.25, -0.2) is 0 Å². The Bertz CT molecular complexity index is 889. The molecule has 1 aromatic carbocycles. The van der Waals surface area contributed by atoms with Gasteiger partial charge in [-0.1, -0.05) is 24.3 Å². The Hall–Kier alpha value is -2.63. The van der Waals surface area contributed by atoms with E-state index in [9.17, 15) is 9.59 Å². The molecule has 1 aliphatic heterocycles. The number of hydrogen-bond donors (Lipinski definition) is 0. The van der Waals surface area contributed by atoms with Gasteiger partial charge in [-0.05, 0) is 64.2 Å². The number of benzene rings is 1. The lowest BCUT2D eigenvalue weighted by Gasteiger charge is -2.41. The van der Waals surface area contributed by atoms with Crippen LogP contribution in [0.15, 0.2) is 30.3 Å². The number of aromatic nitrogens is 2. The Morgan fingerprint density at radius 3 is 2.62 bits per heavy atom. The highest BCUT2D eigenvalue weighted by atomic mass is 16.5. The minimum atomic E-state index is -0.703. The molecule has 29 heavy (non-hydrogen) atoms. The normalized spacial score (nSPS) is 19.2. The van der Waals surface area contributed by atoms with Crippen LogP contribution in [0.4, 0.5) is 0 Å². The molecule has 6 heteroatoms. The number of rotatable bonds is 6. The van der Waals surface area contributed by atoms with E-state index in [1.165, 1.54) is 0 Å². The van der Waals surface area contributed by atoms with Crippen molar-refractivity contribution in [1.82, 2.24) is 14.7 Å². The van der Waals surface area contributed by atoms with Crippen molar-refractivity contribution in [3.8, 4) is 0 Å². The maximum absolute atomic E-state index is 13.0. The summed E-state index contributed by atoms with van der Waals surface area (Å²) in [4.78, 5) is 27.9. The number of aryl methyl sites for hydroxylation is 3. The summed E-state index contributed by atoms with van der Waals surface area (Å²) in [5, 5.41) is 4.40. The first-order valence-electron chi connectivity index (χ1n) is 10.4. The standard InChI is InChI=1S/C23H31N3O3/c1-5-29-22(28)23(14-20-10-7-6-9-17(20)2)11-8-12-25(16-23)21(27)15-26-19(4)13-18(3)24-26/h6-7,9-10,13H,5,8,11-12,14-16H2,1-4H3/t23-/m0/s1. The van der Waals surface area contributed by atoms with E-state index < -0.39 is 5.41 Å². The average molecular weight is 398 g/mol. The number of ether oxygens (including phenoxy) is 1. The Balaban J connectivity index is 1.83. The third-order valence-corrected chi connectivity index (χ3v) is 5.82. The lowest BCUT2D eigenvalue weighted by atomic mass is 9.74. The van der Waals surface area contributed by atoms with Crippen molar-refractivity contribution in [2.45, 2.75) is 53.5 Å². The summed E-state index contributed by atoms with van der Waals surface area (Å²) in [5.74, 6) is -0.207. The van der Waals surface area contributed by atoms with Gasteiger partial charge in [-0.15, -0.1) is 0 Å². The number of piperidine rings is 1. The van der Waals surface area contributed by atoms with E-state index in [4.69, 9.17) is 4.74 Å². The average Bonchev–Trinajstić information content (AvgIpc) is 3.01. The zero-order chi connectivity index (χ0) is 21.0. The van der Waals surface area contributed by atoms with Crippen LogP contribution < -0.4 is 0 Å². The second-order valence-corrected chi connectivity index (χ2v) is 8.11. The molecule has 0 aliphatic carbocycles. The first-order chi connectivity index (χ1) is 13.8. The van der Waals surface area contributed by atoms with Crippen molar-refractivity contribution in [3.05, 3.63) is 52.8 Å². The van der Waals surface area contributed by atoms with Gasteiger partial charge in [-0.2, -0.15) is 5.10 Å². The number of amides is 1. The molecule has 2 aromatic rings. The molecule has 6 nitrogen and oxygen atoms in total. The molecule has 1 atom stereocenters. The highest BCUT2D eigenvalue weighted by Gasteiger charge is 2.45. The molecule has 1 aromatic heterocycles. The van der Waals surface area contributed by atoms with Crippen molar-refractivity contribution < 1.29 is 14.3 Å². The molecular weight excluding hydrogens is 366 g/mol. The third kappa shape index (κ3) is 4.69. The van der Waals surface area contributed by atoms with E-state index in [1.54, 1.807) is 4.68 Å². The number of esters is 1. The lowest BCUT2D eigenvalue weighted by molar-refractivity contribution is -0.161. The van der Waals surface area contributed by atoms with Crippen LogP contribution >= 0.6 is 0 Å². The summed E-state index contributed by atoms with van der Waals surface area (Å²) >= 11 is 0. The zero-order valence-corrected chi connectivity index (χ0v) is 17.9. The highest BCUT2D eigenvalue weighted by molar-refractivity contribution is 5.81. The summed E-state index contributed by atoms with van der Waals surface area (Å²) in [6, 6.07) is 10.1. The second kappa shape index (κ2) is 8.80. The summed E-state index contributed by atoms with van der Waals surface area (Å²) in [7, 11) is 0. The molecule has 1 aliphatic rings. The number of carbonyl (C=O) groups excluding carboxylic acids is 2. The Kier molecular flexibility index (Phi) is 6.40. The van der Waals surface area contributed by atoms with E-state index in [0.29, 0.717) is 26.1 Å². The molecule has 1 saturated heterocycles. The molecule has 1 fully saturated rings. The summed E-state index contributed by atoms with van der Waals surface area (Å²) in [5.41, 5.74) is 3.44. The first-order valence-corrected chi connectivity index (χ1v) is 10.4. The molecule has 0 unspecified atom stereocenters. The summed E-state index contributed by atoms with van der Waals surface area (Å²) in [6.45, 7) is 9.34. The van der Waals surface area contributed by atoms with E-state index in [0.717, 1.165) is 35.4 Å². The monoisotopic (exact) mass is 397 g/mol. The van der Waals surface area contributed by atoms with Crippen molar-refractivity contribution >= 4 is 11.9 Å². The maximum atomic E-state index is 13.0.